The topological polar surface area (TPSA) is 9.23 Å². The maximum absolute atomic E-state index is 5.92. The van der Waals surface area contributed by atoms with Crippen molar-refractivity contribution < 1.29 is 4.74 Å². The van der Waals surface area contributed by atoms with Crippen molar-refractivity contribution in [3.8, 4) is 0 Å². The van der Waals surface area contributed by atoms with Crippen LogP contribution in [-0.4, -0.2) is 17.5 Å². The fraction of sp³-hybridized carbons (Fsp3) is 1.00. The lowest BCUT2D eigenvalue weighted by Gasteiger charge is -2.30. The molecule has 3 atom stereocenters. The highest BCUT2D eigenvalue weighted by Crippen LogP contribution is 2.50. The fourth-order valence-corrected chi connectivity index (χ4v) is 3.35. The molecule has 0 aromatic heterocycles. The number of hydrogen-bond acceptors (Lipinski definition) is 1. The van der Waals surface area contributed by atoms with E-state index >= 15 is 0 Å². The van der Waals surface area contributed by atoms with Crippen LogP contribution >= 0.6 is 15.9 Å². The lowest BCUT2D eigenvalue weighted by molar-refractivity contribution is 0.0254. The molecule has 0 aromatic rings. The van der Waals surface area contributed by atoms with E-state index in [1.54, 1.807) is 0 Å². The third kappa shape index (κ3) is 2.33. The largest absolute Gasteiger partial charge is 0.375 e. The Labute approximate surface area is 95.7 Å². The van der Waals surface area contributed by atoms with Gasteiger partial charge in [-0.25, -0.2) is 0 Å². The predicted molar refractivity (Wildman–Crippen MR) is 62.8 cm³/mol. The van der Waals surface area contributed by atoms with Crippen molar-refractivity contribution in [2.75, 3.05) is 5.33 Å². The van der Waals surface area contributed by atoms with E-state index in [4.69, 9.17) is 4.74 Å². The molecule has 3 unspecified atom stereocenters. The summed E-state index contributed by atoms with van der Waals surface area (Å²) in [5.74, 6) is 0.960. The summed E-state index contributed by atoms with van der Waals surface area (Å²) in [5, 5.41) is 1.14. The van der Waals surface area contributed by atoms with E-state index in [1.807, 2.05) is 0 Å². The van der Waals surface area contributed by atoms with Gasteiger partial charge in [-0.3, -0.25) is 0 Å². The standard InChI is InChI=1S/C12H21BrO/c1-9-3-6-11(14-9)7-12(2,8-13)10-4-5-10/h9-11H,3-8H2,1-2H3. The Hall–Kier alpha value is 0.440. The van der Waals surface area contributed by atoms with E-state index in [0.717, 1.165) is 11.2 Å². The lowest BCUT2D eigenvalue weighted by Crippen LogP contribution is -2.27. The second-order valence-electron chi connectivity index (χ2n) is 5.41. The molecule has 0 amide bonds. The SMILES string of the molecule is CC1CCC(CC(C)(CBr)C2CC2)O1. The molecule has 82 valence electrons. The first-order chi connectivity index (χ1) is 6.64. The Kier molecular flexibility index (Phi) is 3.23. The van der Waals surface area contributed by atoms with Gasteiger partial charge in [0.1, 0.15) is 0 Å². The smallest absolute Gasteiger partial charge is 0.0585 e. The monoisotopic (exact) mass is 260 g/mol. The molecule has 1 aliphatic carbocycles. The van der Waals surface area contributed by atoms with Crippen LogP contribution in [0.3, 0.4) is 0 Å². The summed E-state index contributed by atoms with van der Waals surface area (Å²) >= 11 is 3.68. The molecular formula is C12H21BrO. The van der Waals surface area contributed by atoms with Gasteiger partial charge in [0.05, 0.1) is 12.2 Å². The van der Waals surface area contributed by atoms with Gasteiger partial charge < -0.3 is 4.74 Å². The van der Waals surface area contributed by atoms with Gasteiger partial charge in [-0.15, -0.1) is 0 Å². The van der Waals surface area contributed by atoms with Gasteiger partial charge in [0.2, 0.25) is 0 Å². The lowest BCUT2D eigenvalue weighted by atomic mass is 9.81. The minimum absolute atomic E-state index is 0.495. The molecule has 2 aliphatic rings. The first-order valence-electron chi connectivity index (χ1n) is 5.85. The van der Waals surface area contributed by atoms with Crippen molar-refractivity contribution in [1.29, 1.82) is 0 Å². The molecule has 0 N–H and O–H groups in total. The molecule has 14 heavy (non-hydrogen) atoms. The highest BCUT2D eigenvalue weighted by Gasteiger charge is 2.43. The third-order valence-corrected chi connectivity index (χ3v) is 5.16. The van der Waals surface area contributed by atoms with Crippen LogP contribution in [0.25, 0.3) is 0 Å². The second kappa shape index (κ2) is 4.13. The van der Waals surface area contributed by atoms with E-state index in [-0.39, 0.29) is 0 Å². The fourth-order valence-electron chi connectivity index (χ4n) is 2.67. The number of hydrogen-bond donors (Lipinski definition) is 0. The molecule has 0 radical (unpaired) electrons. The summed E-state index contributed by atoms with van der Waals surface area (Å²) < 4.78 is 5.92. The maximum Gasteiger partial charge on any atom is 0.0585 e. The maximum atomic E-state index is 5.92. The number of alkyl halides is 1. The summed E-state index contributed by atoms with van der Waals surface area (Å²) in [5.41, 5.74) is 0.495. The van der Waals surface area contributed by atoms with Gasteiger partial charge in [0.25, 0.3) is 0 Å². The van der Waals surface area contributed by atoms with Gasteiger partial charge in [0.15, 0.2) is 0 Å². The van der Waals surface area contributed by atoms with Gasteiger partial charge in [-0.2, -0.15) is 0 Å². The van der Waals surface area contributed by atoms with E-state index in [1.165, 1.54) is 32.1 Å². The average Bonchev–Trinajstić information content (AvgIpc) is 2.93. The second-order valence-corrected chi connectivity index (χ2v) is 5.97. The van der Waals surface area contributed by atoms with E-state index in [0.29, 0.717) is 17.6 Å². The Morgan fingerprint density at radius 1 is 1.29 bits per heavy atom. The van der Waals surface area contributed by atoms with E-state index in [2.05, 4.69) is 29.8 Å². The van der Waals surface area contributed by atoms with E-state index in [9.17, 15) is 0 Å². The average molecular weight is 261 g/mol. The Morgan fingerprint density at radius 3 is 2.43 bits per heavy atom. The predicted octanol–water partition coefficient (Wildman–Crippen LogP) is 3.76. The minimum Gasteiger partial charge on any atom is -0.375 e. The molecule has 1 nitrogen and oxygen atoms in total. The van der Waals surface area contributed by atoms with Crippen molar-refractivity contribution in [3.63, 3.8) is 0 Å². The Morgan fingerprint density at radius 2 is 2.00 bits per heavy atom. The molecule has 1 heterocycles. The Balaban J connectivity index is 1.87. The zero-order valence-electron chi connectivity index (χ0n) is 9.26. The molecule has 2 heteroatoms. The molecule has 1 saturated carbocycles. The van der Waals surface area contributed by atoms with Gasteiger partial charge in [-0.1, -0.05) is 22.9 Å². The molecular weight excluding hydrogens is 240 g/mol. The van der Waals surface area contributed by atoms with Crippen LogP contribution < -0.4 is 0 Å². The molecule has 0 spiro atoms. The first kappa shape index (κ1) is 10.9. The van der Waals surface area contributed by atoms with Crippen LogP contribution in [0, 0.1) is 11.3 Å². The van der Waals surface area contributed by atoms with Crippen LogP contribution in [0.2, 0.25) is 0 Å². The van der Waals surface area contributed by atoms with Gasteiger partial charge in [-0.05, 0) is 50.4 Å². The summed E-state index contributed by atoms with van der Waals surface area (Å²) in [6, 6.07) is 0. The third-order valence-electron chi connectivity index (χ3n) is 3.88. The van der Waals surface area contributed by atoms with Crippen molar-refractivity contribution in [1.82, 2.24) is 0 Å². The highest BCUT2D eigenvalue weighted by molar-refractivity contribution is 9.09. The zero-order valence-corrected chi connectivity index (χ0v) is 10.8. The van der Waals surface area contributed by atoms with Crippen LogP contribution in [0.5, 0.6) is 0 Å². The van der Waals surface area contributed by atoms with Crippen molar-refractivity contribution in [2.45, 2.75) is 58.2 Å². The van der Waals surface area contributed by atoms with Crippen molar-refractivity contribution >= 4 is 15.9 Å². The van der Waals surface area contributed by atoms with Gasteiger partial charge >= 0.3 is 0 Å². The van der Waals surface area contributed by atoms with Gasteiger partial charge in [0, 0.05) is 5.33 Å². The Bertz CT molecular complexity index is 202. The summed E-state index contributed by atoms with van der Waals surface area (Å²) in [4.78, 5) is 0. The highest BCUT2D eigenvalue weighted by atomic mass is 79.9. The van der Waals surface area contributed by atoms with Crippen molar-refractivity contribution in [3.05, 3.63) is 0 Å². The summed E-state index contributed by atoms with van der Waals surface area (Å²) in [6.07, 6.45) is 7.69. The van der Waals surface area contributed by atoms with Crippen LogP contribution in [0.1, 0.15) is 46.0 Å². The zero-order chi connectivity index (χ0) is 10.2. The molecule has 2 fully saturated rings. The molecule has 1 saturated heterocycles. The first-order valence-corrected chi connectivity index (χ1v) is 6.97. The molecule has 0 aromatic carbocycles. The van der Waals surface area contributed by atoms with Crippen molar-refractivity contribution in [2.24, 2.45) is 11.3 Å². The molecule has 0 bridgehead atoms. The summed E-state index contributed by atoms with van der Waals surface area (Å²) in [6.45, 7) is 4.62. The summed E-state index contributed by atoms with van der Waals surface area (Å²) in [7, 11) is 0. The van der Waals surface area contributed by atoms with Crippen LogP contribution in [-0.2, 0) is 4.74 Å². The quantitative estimate of drug-likeness (QED) is 0.700. The number of ether oxygens (including phenoxy) is 1. The molecule has 1 aliphatic heterocycles. The van der Waals surface area contributed by atoms with Crippen LogP contribution in [0.15, 0.2) is 0 Å². The van der Waals surface area contributed by atoms with Crippen LogP contribution in [0.4, 0.5) is 0 Å². The number of halogens is 1. The number of rotatable bonds is 4. The minimum atomic E-state index is 0.495. The molecule has 2 rings (SSSR count). The normalized spacial score (nSPS) is 37.1. The van der Waals surface area contributed by atoms with E-state index < -0.39 is 0 Å².